The summed E-state index contributed by atoms with van der Waals surface area (Å²) in [5.74, 6) is -1.18. The third-order valence-corrected chi connectivity index (χ3v) is 2.84. The van der Waals surface area contributed by atoms with Crippen LogP contribution in [0.15, 0.2) is 5.38 Å². The number of anilines is 1. The second kappa shape index (κ2) is 4.23. The van der Waals surface area contributed by atoms with Gasteiger partial charge in [0.1, 0.15) is 4.88 Å². The molecule has 0 bridgehead atoms. The molecule has 0 radical (unpaired) electrons. The molecule has 1 amide bonds. The summed E-state index contributed by atoms with van der Waals surface area (Å²) in [6, 6.07) is 0. The van der Waals surface area contributed by atoms with Gasteiger partial charge in [0.15, 0.2) is 0 Å². The largest absolute Gasteiger partial charge is 0.477 e. The molecule has 14 heavy (non-hydrogen) atoms. The van der Waals surface area contributed by atoms with Crippen LogP contribution in [0.4, 0.5) is 5.69 Å². The second-order valence-corrected chi connectivity index (χ2v) is 3.71. The van der Waals surface area contributed by atoms with Gasteiger partial charge in [-0.25, -0.2) is 4.79 Å². The quantitative estimate of drug-likeness (QED) is 0.808. The fourth-order valence-corrected chi connectivity index (χ4v) is 1.83. The molecule has 5 heteroatoms. The zero-order valence-corrected chi connectivity index (χ0v) is 8.77. The first-order chi connectivity index (χ1) is 6.56. The molecule has 76 valence electrons. The molecule has 1 heterocycles. The lowest BCUT2D eigenvalue weighted by Crippen LogP contribution is -2.12. The van der Waals surface area contributed by atoms with Crippen LogP contribution >= 0.6 is 11.3 Å². The monoisotopic (exact) mass is 213 g/mol. The van der Waals surface area contributed by atoms with E-state index < -0.39 is 5.97 Å². The van der Waals surface area contributed by atoms with Gasteiger partial charge in [0.25, 0.3) is 0 Å². The van der Waals surface area contributed by atoms with Crippen molar-refractivity contribution in [2.24, 2.45) is 0 Å². The van der Waals surface area contributed by atoms with Crippen LogP contribution in [-0.2, 0) is 4.79 Å². The van der Waals surface area contributed by atoms with Gasteiger partial charge >= 0.3 is 5.97 Å². The number of nitrogens with one attached hydrogen (secondary N) is 1. The summed E-state index contributed by atoms with van der Waals surface area (Å²) in [5.41, 5.74) is 1.21. The summed E-state index contributed by atoms with van der Waals surface area (Å²) in [6.45, 7) is 3.49. The number of thiophene rings is 1. The Morgan fingerprint density at radius 2 is 2.21 bits per heavy atom. The van der Waals surface area contributed by atoms with E-state index in [2.05, 4.69) is 5.32 Å². The van der Waals surface area contributed by atoms with Crippen LogP contribution in [0.3, 0.4) is 0 Å². The van der Waals surface area contributed by atoms with Gasteiger partial charge < -0.3 is 10.4 Å². The Labute approximate surface area is 85.6 Å². The normalized spacial score (nSPS) is 9.86. The Bertz CT molecular complexity index is 370. The average Bonchev–Trinajstić information content (AvgIpc) is 2.48. The number of aryl methyl sites for hydroxylation is 1. The van der Waals surface area contributed by atoms with Gasteiger partial charge in [0.2, 0.25) is 5.91 Å². The zero-order chi connectivity index (χ0) is 10.7. The highest BCUT2D eigenvalue weighted by Gasteiger charge is 2.16. The highest BCUT2D eigenvalue weighted by Crippen LogP contribution is 2.27. The number of amides is 1. The molecule has 0 aliphatic heterocycles. The number of carboxylic acids is 1. The standard InChI is InChI=1S/C9H11NO3S/c1-3-6(11)10-7-5(2)4-14-8(7)9(12)13/h4H,3H2,1-2H3,(H,10,11)(H,12,13). The molecule has 4 nitrogen and oxygen atoms in total. The fraction of sp³-hybridized carbons (Fsp3) is 0.333. The van der Waals surface area contributed by atoms with Crippen molar-refractivity contribution in [1.29, 1.82) is 0 Å². The minimum atomic E-state index is -1.01. The van der Waals surface area contributed by atoms with Gasteiger partial charge in [-0.15, -0.1) is 11.3 Å². The molecule has 1 rings (SSSR count). The number of hydrogen-bond acceptors (Lipinski definition) is 3. The summed E-state index contributed by atoms with van der Waals surface area (Å²) in [5, 5.41) is 13.1. The molecule has 0 saturated heterocycles. The molecule has 0 fully saturated rings. The average molecular weight is 213 g/mol. The maximum atomic E-state index is 11.1. The molecule has 0 aliphatic rings. The van der Waals surface area contributed by atoms with Crippen molar-refractivity contribution < 1.29 is 14.7 Å². The topological polar surface area (TPSA) is 66.4 Å². The molecular weight excluding hydrogens is 202 g/mol. The van der Waals surface area contributed by atoms with Crippen LogP contribution in [0.5, 0.6) is 0 Å². The summed E-state index contributed by atoms with van der Waals surface area (Å²) >= 11 is 1.12. The first kappa shape index (κ1) is 10.7. The molecule has 0 atom stereocenters. The van der Waals surface area contributed by atoms with Gasteiger partial charge in [-0.3, -0.25) is 4.79 Å². The molecule has 2 N–H and O–H groups in total. The lowest BCUT2D eigenvalue weighted by Gasteiger charge is -2.03. The number of hydrogen-bond donors (Lipinski definition) is 2. The summed E-state index contributed by atoms with van der Waals surface area (Å²) in [6.07, 6.45) is 0.342. The Hall–Kier alpha value is -1.36. The van der Waals surface area contributed by atoms with Gasteiger partial charge in [-0.1, -0.05) is 6.92 Å². The molecule has 0 spiro atoms. The Morgan fingerprint density at radius 1 is 1.57 bits per heavy atom. The minimum absolute atomic E-state index is 0.172. The fourth-order valence-electron chi connectivity index (χ4n) is 0.985. The van der Waals surface area contributed by atoms with E-state index in [1.54, 1.807) is 19.2 Å². The molecule has 0 saturated carbocycles. The molecule has 1 aromatic rings. The number of carboxylic acid groups (broad SMARTS) is 1. The van der Waals surface area contributed by atoms with Gasteiger partial charge in [-0.05, 0) is 17.9 Å². The third kappa shape index (κ3) is 2.11. The SMILES string of the molecule is CCC(=O)Nc1c(C)csc1C(=O)O. The van der Waals surface area contributed by atoms with Crippen molar-refractivity contribution in [1.82, 2.24) is 0 Å². The summed E-state index contributed by atoms with van der Waals surface area (Å²) in [4.78, 5) is 22.1. The van der Waals surface area contributed by atoms with E-state index in [1.807, 2.05) is 0 Å². The van der Waals surface area contributed by atoms with Crippen molar-refractivity contribution in [2.45, 2.75) is 20.3 Å². The van der Waals surface area contributed by atoms with E-state index in [9.17, 15) is 9.59 Å². The van der Waals surface area contributed by atoms with E-state index >= 15 is 0 Å². The lowest BCUT2D eigenvalue weighted by molar-refractivity contribution is -0.115. The Balaban J connectivity index is 2.99. The van der Waals surface area contributed by atoms with E-state index in [0.717, 1.165) is 16.9 Å². The summed E-state index contributed by atoms with van der Waals surface area (Å²) in [7, 11) is 0. The van der Waals surface area contributed by atoms with Crippen LogP contribution in [0.1, 0.15) is 28.6 Å². The Kier molecular flexibility index (Phi) is 3.24. The van der Waals surface area contributed by atoms with Crippen molar-refractivity contribution in [2.75, 3.05) is 5.32 Å². The van der Waals surface area contributed by atoms with Crippen LogP contribution in [0.2, 0.25) is 0 Å². The first-order valence-corrected chi connectivity index (χ1v) is 5.05. The van der Waals surface area contributed by atoms with Crippen molar-refractivity contribution >= 4 is 28.9 Å². The molecule has 0 unspecified atom stereocenters. The van der Waals surface area contributed by atoms with Crippen molar-refractivity contribution in [3.05, 3.63) is 15.8 Å². The number of carbonyl (C=O) groups is 2. The minimum Gasteiger partial charge on any atom is -0.477 e. The van der Waals surface area contributed by atoms with Crippen LogP contribution < -0.4 is 5.32 Å². The van der Waals surface area contributed by atoms with E-state index in [0.29, 0.717) is 12.1 Å². The summed E-state index contributed by atoms with van der Waals surface area (Å²) < 4.78 is 0. The molecule has 1 aromatic heterocycles. The molecule has 0 aliphatic carbocycles. The third-order valence-electron chi connectivity index (χ3n) is 1.75. The number of rotatable bonds is 3. The van der Waals surface area contributed by atoms with Gasteiger partial charge in [-0.2, -0.15) is 0 Å². The number of carbonyl (C=O) groups excluding carboxylic acids is 1. The van der Waals surface area contributed by atoms with E-state index in [1.165, 1.54) is 0 Å². The van der Waals surface area contributed by atoms with Gasteiger partial charge in [0, 0.05) is 6.42 Å². The van der Waals surface area contributed by atoms with E-state index in [-0.39, 0.29) is 10.8 Å². The van der Waals surface area contributed by atoms with Crippen LogP contribution in [0.25, 0.3) is 0 Å². The highest BCUT2D eigenvalue weighted by molar-refractivity contribution is 7.12. The number of aromatic carboxylic acids is 1. The maximum absolute atomic E-state index is 11.1. The van der Waals surface area contributed by atoms with Crippen molar-refractivity contribution in [3.63, 3.8) is 0 Å². The second-order valence-electron chi connectivity index (χ2n) is 2.83. The lowest BCUT2D eigenvalue weighted by atomic mass is 10.2. The maximum Gasteiger partial charge on any atom is 0.348 e. The molecule has 0 aromatic carbocycles. The predicted octanol–water partition coefficient (Wildman–Crippen LogP) is 2.10. The Morgan fingerprint density at radius 3 is 2.71 bits per heavy atom. The van der Waals surface area contributed by atoms with Crippen LogP contribution in [0, 0.1) is 6.92 Å². The highest BCUT2D eigenvalue weighted by atomic mass is 32.1. The molecular formula is C9H11NO3S. The van der Waals surface area contributed by atoms with E-state index in [4.69, 9.17) is 5.11 Å². The first-order valence-electron chi connectivity index (χ1n) is 4.17. The van der Waals surface area contributed by atoms with Crippen molar-refractivity contribution in [3.8, 4) is 0 Å². The predicted molar refractivity (Wildman–Crippen MR) is 54.9 cm³/mol. The smallest absolute Gasteiger partial charge is 0.348 e. The van der Waals surface area contributed by atoms with Crippen LogP contribution in [-0.4, -0.2) is 17.0 Å². The zero-order valence-electron chi connectivity index (χ0n) is 7.96. The van der Waals surface area contributed by atoms with Gasteiger partial charge in [0.05, 0.1) is 5.69 Å².